The molecule has 0 radical (unpaired) electrons. The van der Waals surface area contributed by atoms with Crippen LogP contribution in [0, 0.1) is 25.6 Å². The minimum Gasteiger partial charge on any atom is -0.339 e. The molecule has 1 saturated heterocycles. The van der Waals surface area contributed by atoms with E-state index >= 15 is 0 Å². The van der Waals surface area contributed by atoms with Crippen LogP contribution in [0.3, 0.4) is 0 Å². The van der Waals surface area contributed by atoms with E-state index < -0.39 is 0 Å². The van der Waals surface area contributed by atoms with Crippen LogP contribution in [0.15, 0.2) is 29.4 Å². The SMILES string of the molecule is Cc1nc(SCC(=O)N2CCN(CC(=O)Nc3cccc(F)c3)CC2)n(CC(C)C)c1C. The van der Waals surface area contributed by atoms with Crippen LogP contribution in [-0.2, 0) is 16.1 Å². The number of hydrogen-bond acceptors (Lipinski definition) is 5. The van der Waals surface area contributed by atoms with Gasteiger partial charge in [0.25, 0.3) is 0 Å². The van der Waals surface area contributed by atoms with Crippen molar-refractivity contribution in [3.63, 3.8) is 0 Å². The molecule has 2 aromatic rings. The molecule has 1 fully saturated rings. The van der Waals surface area contributed by atoms with Gasteiger partial charge in [0, 0.05) is 44.1 Å². The summed E-state index contributed by atoms with van der Waals surface area (Å²) < 4.78 is 15.5. The second-order valence-electron chi connectivity index (χ2n) is 8.57. The van der Waals surface area contributed by atoms with E-state index in [9.17, 15) is 14.0 Å². The van der Waals surface area contributed by atoms with Crippen molar-refractivity contribution in [3.05, 3.63) is 41.5 Å². The third-order valence-corrected chi connectivity index (χ3v) is 6.46. The highest BCUT2D eigenvalue weighted by Crippen LogP contribution is 2.23. The van der Waals surface area contributed by atoms with Crippen LogP contribution in [0.5, 0.6) is 0 Å². The molecule has 7 nitrogen and oxygen atoms in total. The maximum atomic E-state index is 13.3. The number of amides is 2. The number of piperazine rings is 1. The molecule has 9 heteroatoms. The minimum atomic E-state index is -0.384. The monoisotopic (exact) mass is 461 g/mol. The maximum absolute atomic E-state index is 13.3. The summed E-state index contributed by atoms with van der Waals surface area (Å²) in [5, 5.41) is 3.61. The molecule has 0 atom stereocenters. The van der Waals surface area contributed by atoms with Crippen molar-refractivity contribution < 1.29 is 14.0 Å². The number of aryl methyl sites for hydroxylation is 1. The lowest BCUT2D eigenvalue weighted by Gasteiger charge is -2.34. The molecule has 0 saturated carbocycles. The van der Waals surface area contributed by atoms with Crippen molar-refractivity contribution >= 4 is 29.3 Å². The van der Waals surface area contributed by atoms with Gasteiger partial charge in [-0.25, -0.2) is 9.37 Å². The van der Waals surface area contributed by atoms with Gasteiger partial charge < -0.3 is 14.8 Å². The van der Waals surface area contributed by atoms with E-state index in [2.05, 4.69) is 35.6 Å². The Morgan fingerprint density at radius 2 is 1.91 bits per heavy atom. The van der Waals surface area contributed by atoms with Crippen LogP contribution in [0.2, 0.25) is 0 Å². The van der Waals surface area contributed by atoms with E-state index in [-0.39, 0.29) is 24.2 Å². The molecular weight excluding hydrogens is 429 g/mol. The lowest BCUT2D eigenvalue weighted by atomic mass is 10.2. The molecule has 1 aromatic heterocycles. The Bertz CT molecular complexity index is 954. The number of carbonyl (C=O) groups excluding carboxylic acids is 2. The standard InChI is InChI=1S/C23H32FN5O2S/c1-16(2)13-29-18(4)17(3)25-23(29)32-15-22(31)28-10-8-27(9-11-28)14-21(30)26-20-7-5-6-19(24)12-20/h5-7,12,16H,8-11,13-15H2,1-4H3,(H,26,30). The van der Waals surface area contributed by atoms with Gasteiger partial charge in [0.15, 0.2) is 5.16 Å². The summed E-state index contributed by atoms with van der Waals surface area (Å²) in [7, 11) is 0. The fraction of sp³-hybridized carbons (Fsp3) is 0.522. The van der Waals surface area contributed by atoms with Gasteiger partial charge in [0.1, 0.15) is 5.82 Å². The fourth-order valence-corrected chi connectivity index (χ4v) is 4.66. The Balaban J connectivity index is 1.45. The number of benzene rings is 1. The van der Waals surface area contributed by atoms with Gasteiger partial charge in [0.2, 0.25) is 11.8 Å². The zero-order valence-corrected chi connectivity index (χ0v) is 20.0. The molecule has 0 bridgehead atoms. The van der Waals surface area contributed by atoms with Gasteiger partial charge in [-0.1, -0.05) is 31.7 Å². The zero-order chi connectivity index (χ0) is 23.3. The molecule has 3 rings (SSSR count). The summed E-state index contributed by atoms with van der Waals surface area (Å²) in [5.74, 6) is 0.379. The number of carbonyl (C=O) groups is 2. The number of rotatable bonds is 8. The summed E-state index contributed by atoms with van der Waals surface area (Å²) in [6, 6.07) is 5.85. The Morgan fingerprint density at radius 3 is 2.56 bits per heavy atom. The number of anilines is 1. The van der Waals surface area contributed by atoms with Gasteiger partial charge in [-0.2, -0.15) is 0 Å². The number of nitrogens with one attached hydrogen (secondary N) is 1. The van der Waals surface area contributed by atoms with Gasteiger partial charge in [-0.05, 0) is 38.0 Å². The molecule has 1 aromatic carbocycles. The Kier molecular flexibility index (Phi) is 8.31. The normalized spacial score (nSPS) is 14.8. The van der Waals surface area contributed by atoms with E-state index in [0.717, 1.165) is 23.1 Å². The first-order valence-corrected chi connectivity index (χ1v) is 11.9. The third kappa shape index (κ3) is 6.56. The largest absolute Gasteiger partial charge is 0.339 e. The maximum Gasteiger partial charge on any atom is 0.238 e. The molecule has 1 aliphatic rings. The summed E-state index contributed by atoms with van der Waals surface area (Å²) in [6.07, 6.45) is 0. The molecule has 1 aliphatic heterocycles. The molecule has 0 spiro atoms. The van der Waals surface area contributed by atoms with E-state index in [4.69, 9.17) is 0 Å². The Labute approximate surface area is 193 Å². The quantitative estimate of drug-likeness (QED) is 0.612. The molecule has 32 heavy (non-hydrogen) atoms. The Hall–Kier alpha value is -2.39. The van der Waals surface area contributed by atoms with Crippen molar-refractivity contribution in [2.75, 3.05) is 43.8 Å². The number of hydrogen-bond donors (Lipinski definition) is 1. The number of imidazole rings is 1. The highest BCUT2D eigenvalue weighted by atomic mass is 32.2. The van der Waals surface area contributed by atoms with Crippen LogP contribution in [0.1, 0.15) is 25.2 Å². The molecule has 1 N–H and O–H groups in total. The van der Waals surface area contributed by atoms with Crippen molar-refractivity contribution in [1.29, 1.82) is 0 Å². The predicted octanol–water partition coefficient (Wildman–Crippen LogP) is 3.17. The number of nitrogens with zero attached hydrogens (tertiary/aromatic N) is 4. The average molecular weight is 462 g/mol. The highest BCUT2D eigenvalue weighted by Gasteiger charge is 2.23. The molecule has 2 amide bonds. The number of halogens is 1. The van der Waals surface area contributed by atoms with Gasteiger partial charge in [0.05, 0.1) is 18.0 Å². The predicted molar refractivity (Wildman–Crippen MR) is 125 cm³/mol. The Morgan fingerprint density at radius 1 is 1.19 bits per heavy atom. The van der Waals surface area contributed by atoms with Crippen molar-refractivity contribution in [2.45, 2.75) is 39.4 Å². The first-order valence-electron chi connectivity index (χ1n) is 10.9. The number of aromatic nitrogens is 2. The first kappa shape index (κ1) is 24.3. The van der Waals surface area contributed by atoms with Crippen LogP contribution >= 0.6 is 11.8 Å². The average Bonchev–Trinajstić information content (AvgIpc) is 2.99. The molecular formula is C23H32FN5O2S. The minimum absolute atomic E-state index is 0.0910. The third-order valence-electron chi connectivity index (χ3n) is 5.50. The first-order chi connectivity index (χ1) is 15.2. The topological polar surface area (TPSA) is 70.5 Å². The summed E-state index contributed by atoms with van der Waals surface area (Å²) in [4.78, 5) is 33.5. The van der Waals surface area contributed by atoms with Crippen molar-refractivity contribution in [1.82, 2.24) is 19.4 Å². The smallest absolute Gasteiger partial charge is 0.238 e. The molecule has 174 valence electrons. The highest BCUT2D eigenvalue weighted by molar-refractivity contribution is 7.99. The molecule has 2 heterocycles. The molecule has 0 aliphatic carbocycles. The summed E-state index contributed by atoms with van der Waals surface area (Å²) in [6.45, 7) is 12.0. The second-order valence-corrected chi connectivity index (χ2v) is 9.52. The van der Waals surface area contributed by atoms with Crippen molar-refractivity contribution in [3.8, 4) is 0 Å². The second kappa shape index (κ2) is 11.0. The van der Waals surface area contributed by atoms with Gasteiger partial charge in [-0.3, -0.25) is 14.5 Å². The van der Waals surface area contributed by atoms with E-state index in [1.807, 2.05) is 16.7 Å². The van der Waals surface area contributed by atoms with Crippen LogP contribution < -0.4 is 5.32 Å². The zero-order valence-electron chi connectivity index (χ0n) is 19.2. The van der Waals surface area contributed by atoms with Crippen LogP contribution in [-0.4, -0.2) is 69.6 Å². The number of thioether (sulfide) groups is 1. The fourth-order valence-electron chi connectivity index (χ4n) is 3.66. The summed E-state index contributed by atoms with van der Waals surface area (Å²) in [5.41, 5.74) is 2.60. The van der Waals surface area contributed by atoms with E-state index in [1.165, 1.54) is 23.9 Å². The lowest BCUT2D eigenvalue weighted by Crippen LogP contribution is -2.50. The molecule has 0 unspecified atom stereocenters. The van der Waals surface area contributed by atoms with Gasteiger partial charge >= 0.3 is 0 Å². The van der Waals surface area contributed by atoms with E-state index in [1.54, 1.807) is 12.1 Å². The summed E-state index contributed by atoms with van der Waals surface area (Å²) >= 11 is 1.49. The van der Waals surface area contributed by atoms with E-state index in [0.29, 0.717) is 43.5 Å². The van der Waals surface area contributed by atoms with Crippen molar-refractivity contribution in [2.24, 2.45) is 5.92 Å². The van der Waals surface area contributed by atoms with Crippen LogP contribution in [0.4, 0.5) is 10.1 Å². The van der Waals surface area contributed by atoms with Crippen LogP contribution in [0.25, 0.3) is 0 Å². The lowest BCUT2D eigenvalue weighted by molar-refractivity contribution is -0.130. The van der Waals surface area contributed by atoms with Gasteiger partial charge in [-0.15, -0.1) is 0 Å².